The maximum Gasteiger partial charge on any atom is 0.410 e. The molecule has 2 aliphatic rings. The third kappa shape index (κ3) is 5.21. The Balaban J connectivity index is 1.56. The molecule has 1 amide bonds. The number of fused-ring (bicyclic) bond motifs is 1. The van der Waals surface area contributed by atoms with E-state index in [4.69, 9.17) is 14.2 Å². The molecule has 0 bridgehead atoms. The van der Waals surface area contributed by atoms with Crippen LogP contribution in [0.2, 0.25) is 0 Å². The van der Waals surface area contributed by atoms with Gasteiger partial charge in [0.25, 0.3) is 0 Å². The Morgan fingerprint density at radius 3 is 2.33 bits per heavy atom. The molecule has 4 rings (SSSR count). The predicted octanol–water partition coefficient (Wildman–Crippen LogP) is 5.57. The van der Waals surface area contributed by atoms with Crippen LogP contribution < -0.4 is 4.74 Å². The van der Waals surface area contributed by atoms with Crippen LogP contribution in [0.5, 0.6) is 5.75 Å². The number of para-hydroxylation sites is 1. The summed E-state index contributed by atoms with van der Waals surface area (Å²) in [5, 5.41) is 0. The normalized spacial score (nSPS) is 18.4. The third-order valence-electron chi connectivity index (χ3n) is 6.07. The molecule has 1 saturated heterocycles. The first-order valence-electron chi connectivity index (χ1n) is 11.3. The van der Waals surface area contributed by atoms with Crippen molar-refractivity contribution in [1.82, 2.24) is 4.90 Å². The largest absolute Gasteiger partial charge is 0.486 e. The van der Waals surface area contributed by atoms with Gasteiger partial charge in [0.05, 0.1) is 12.7 Å². The lowest BCUT2D eigenvalue weighted by molar-refractivity contribution is -0.0179. The number of hydrogen-bond donors (Lipinski definition) is 0. The second-order valence-corrected chi connectivity index (χ2v) is 9.71. The number of carbonyl (C=O) groups excluding carboxylic acids is 2. The fourth-order valence-corrected chi connectivity index (χ4v) is 4.40. The van der Waals surface area contributed by atoms with Crippen LogP contribution in [0.4, 0.5) is 4.79 Å². The van der Waals surface area contributed by atoms with Crippen LogP contribution in [0.3, 0.4) is 0 Å². The minimum absolute atomic E-state index is 0.268. The molecular formula is C27H31NO5. The highest BCUT2D eigenvalue weighted by atomic mass is 16.6. The molecular weight excluding hydrogens is 418 g/mol. The van der Waals surface area contributed by atoms with Crippen LogP contribution in [0.1, 0.15) is 61.5 Å². The summed E-state index contributed by atoms with van der Waals surface area (Å²) in [7, 11) is 1.38. The zero-order valence-corrected chi connectivity index (χ0v) is 19.7. The lowest BCUT2D eigenvalue weighted by atomic mass is 9.80. The van der Waals surface area contributed by atoms with E-state index in [2.05, 4.69) is 12.1 Å². The van der Waals surface area contributed by atoms with Gasteiger partial charge in [-0.25, -0.2) is 9.59 Å². The molecule has 0 atom stereocenters. The third-order valence-corrected chi connectivity index (χ3v) is 6.07. The number of piperidine rings is 1. The van der Waals surface area contributed by atoms with Gasteiger partial charge in [0.15, 0.2) is 0 Å². The van der Waals surface area contributed by atoms with Crippen molar-refractivity contribution in [1.29, 1.82) is 0 Å². The van der Waals surface area contributed by atoms with Crippen molar-refractivity contribution in [2.45, 2.75) is 51.2 Å². The first kappa shape index (κ1) is 22.9. The SMILES string of the molecule is COC(=O)c1ccc(C=C2CC3(CCN(C(=O)OC(C)(C)C)CC3)Oc3ccccc32)cc1. The maximum absolute atomic E-state index is 12.5. The number of rotatable bonds is 2. The molecule has 0 aromatic heterocycles. The fourth-order valence-electron chi connectivity index (χ4n) is 4.40. The van der Waals surface area contributed by atoms with Crippen LogP contribution in [-0.4, -0.2) is 48.4 Å². The van der Waals surface area contributed by atoms with Crippen LogP contribution in [-0.2, 0) is 9.47 Å². The molecule has 2 aliphatic heterocycles. The number of benzene rings is 2. The van der Waals surface area contributed by atoms with Gasteiger partial charge in [-0.3, -0.25) is 0 Å². The lowest BCUT2D eigenvalue weighted by Gasteiger charge is -2.45. The number of esters is 1. The van der Waals surface area contributed by atoms with Crippen LogP contribution in [0, 0.1) is 0 Å². The van der Waals surface area contributed by atoms with Gasteiger partial charge < -0.3 is 19.1 Å². The number of carbonyl (C=O) groups is 2. The summed E-state index contributed by atoms with van der Waals surface area (Å²) in [6.45, 7) is 6.83. The van der Waals surface area contributed by atoms with E-state index in [1.165, 1.54) is 12.7 Å². The predicted molar refractivity (Wildman–Crippen MR) is 127 cm³/mol. The molecule has 6 nitrogen and oxygen atoms in total. The molecule has 2 aromatic carbocycles. The highest BCUT2D eigenvalue weighted by molar-refractivity contribution is 5.90. The molecule has 2 aromatic rings. The summed E-state index contributed by atoms with van der Waals surface area (Å²) >= 11 is 0. The second-order valence-electron chi connectivity index (χ2n) is 9.71. The molecule has 33 heavy (non-hydrogen) atoms. The number of ether oxygens (including phenoxy) is 3. The van der Waals surface area contributed by atoms with Gasteiger partial charge in [0.2, 0.25) is 0 Å². The Morgan fingerprint density at radius 2 is 1.70 bits per heavy atom. The average molecular weight is 450 g/mol. The molecule has 0 radical (unpaired) electrons. The van der Waals surface area contributed by atoms with E-state index in [9.17, 15) is 9.59 Å². The van der Waals surface area contributed by atoms with Gasteiger partial charge in [0, 0.05) is 37.9 Å². The molecule has 174 valence electrons. The topological polar surface area (TPSA) is 65.1 Å². The van der Waals surface area contributed by atoms with Gasteiger partial charge in [-0.2, -0.15) is 0 Å². The zero-order valence-electron chi connectivity index (χ0n) is 19.7. The van der Waals surface area contributed by atoms with Gasteiger partial charge in [0.1, 0.15) is 17.0 Å². The molecule has 1 spiro atoms. The van der Waals surface area contributed by atoms with Gasteiger partial charge >= 0.3 is 12.1 Å². The minimum atomic E-state index is -0.508. The van der Waals surface area contributed by atoms with E-state index < -0.39 is 5.60 Å². The number of likely N-dealkylation sites (tertiary alicyclic amines) is 1. The quantitative estimate of drug-likeness (QED) is 0.561. The van der Waals surface area contributed by atoms with E-state index in [-0.39, 0.29) is 17.7 Å². The van der Waals surface area contributed by atoms with E-state index in [1.807, 2.05) is 51.1 Å². The van der Waals surface area contributed by atoms with Crippen molar-refractivity contribution < 1.29 is 23.8 Å². The molecule has 0 saturated carbocycles. The van der Waals surface area contributed by atoms with Crippen molar-refractivity contribution >= 4 is 23.7 Å². The van der Waals surface area contributed by atoms with E-state index in [0.29, 0.717) is 18.7 Å². The van der Waals surface area contributed by atoms with Crippen LogP contribution in [0.15, 0.2) is 48.5 Å². The van der Waals surface area contributed by atoms with E-state index in [1.54, 1.807) is 17.0 Å². The Hall–Kier alpha value is -3.28. The first-order valence-corrected chi connectivity index (χ1v) is 11.3. The zero-order chi connectivity index (χ0) is 23.6. The Morgan fingerprint density at radius 1 is 1.03 bits per heavy atom. The Bertz CT molecular complexity index is 1060. The van der Waals surface area contributed by atoms with E-state index >= 15 is 0 Å². The molecule has 2 heterocycles. The molecule has 0 unspecified atom stereocenters. The van der Waals surface area contributed by atoms with Crippen molar-refractivity contribution in [3.05, 3.63) is 65.2 Å². The highest BCUT2D eigenvalue weighted by Gasteiger charge is 2.42. The number of methoxy groups -OCH3 is 1. The number of nitrogens with zero attached hydrogens (tertiary/aromatic N) is 1. The summed E-state index contributed by atoms with van der Waals surface area (Å²) in [5.74, 6) is 0.521. The molecule has 0 N–H and O–H groups in total. The second kappa shape index (κ2) is 8.93. The summed E-state index contributed by atoms with van der Waals surface area (Å²) in [5.41, 5.74) is 2.94. The smallest absolute Gasteiger partial charge is 0.410 e. The lowest BCUT2D eigenvalue weighted by Crippen LogP contribution is -2.51. The standard InChI is InChI=1S/C27H31NO5/c1-26(2,3)33-25(30)28-15-13-27(14-16-28)18-21(22-7-5-6-8-23(22)32-27)17-19-9-11-20(12-10-19)24(29)31-4/h5-12,17H,13-16,18H2,1-4H3. The Kier molecular flexibility index (Phi) is 6.19. The average Bonchev–Trinajstić information content (AvgIpc) is 2.78. The minimum Gasteiger partial charge on any atom is -0.486 e. The van der Waals surface area contributed by atoms with Crippen molar-refractivity contribution in [3.8, 4) is 5.75 Å². The monoisotopic (exact) mass is 449 g/mol. The summed E-state index contributed by atoms with van der Waals surface area (Å²) in [6, 6.07) is 15.5. The van der Waals surface area contributed by atoms with Crippen LogP contribution in [0.25, 0.3) is 11.6 Å². The number of hydrogen-bond acceptors (Lipinski definition) is 5. The first-order chi connectivity index (χ1) is 15.7. The summed E-state index contributed by atoms with van der Waals surface area (Å²) in [6.07, 6.45) is 4.11. The van der Waals surface area contributed by atoms with Gasteiger partial charge in [-0.1, -0.05) is 36.4 Å². The van der Waals surface area contributed by atoms with Crippen molar-refractivity contribution in [2.75, 3.05) is 20.2 Å². The fraction of sp³-hybridized carbons (Fsp3) is 0.407. The molecule has 6 heteroatoms. The van der Waals surface area contributed by atoms with Crippen molar-refractivity contribution in [3.63, 3.8) is 0 Å². The maximum atomic E-state index is 12.5. The highest BCUT2D eigenvalue weighted by Crippen LogP contribution is 2.45. The Labute approximate surface area is 195 Å². The van der Waals surface area contributed by atoms with E-state index in [0.717, 1.165) is 36.1 Å². The number of amides is 1. The summed E-state index contributed by atoms with van der Waals surface area (Å²) < 4.78 is 16.9. The molecule has 0 aliphatic carbocycles. The molecule has 1 fully saturated rings. The summed E-state index contributed by atoms with van der Waals surface area (Å²) in [4.78, 5) is 26.0. The van der Waals surface area contributed by atoms with Gasteiger partial charge in [-0.05, 0) is 50.1 Å². The van der Waals surface area contributed by atoms with Crippen LogP contribution >= 0.6 is 0 Å². The van der Waals surface area contributed by atoms with Crippen molar-refractivity contribution in [2.24, 2.45) is 0 Å². The van der Waals surface area contributed by atoms with Gasteiger partial charge in [-0.15, -0.1) is 0 Å².